The minimum Gasteiger partial charge on any atom is -0.385 e. The molecule has 0 atom stereocenters. The maximum atomic E-state index is 11.4. The molecule has 0 aromatic heterocycles. The molecule has 1 heterocycles. The first-order valence-corrected chi connectivity index (χ1v) is 5.16. The van der Waals surface area contributed by atoms with Crippen LogP contribution in [-0.2, 0) is 0 Å². The molecule has 1 aliphatic rings. The van der Waals surface area contributed by atoms with Crippen LogP contribution in [0.5, 0.6) is 0 Å². The normalized spacial score (nSPS) is 13.6. The van der Waals surface area contributed by atoms with Crippen molar-refractivity contribution in [1.29, 1.82) is 0 Å². The van der Waals surface area contributed by atoms with Crippen LogP contribution in [0.2, 0.25) is 0 Å². The molecule has 2 amide bonds. The first-order valence-electron chi connectivity index (χ1n) is 5.16. The van der Waals surface area contributed by atoms with E-state index in [1.807, 2.05) is 0 Å². The Balaban J connectivity index is 2.16. The fourth-order valence-electron chi connectivity index (χ4n) is 1.61. The third kappa shape index (κ3) is 1.90. The van der Waals surface area contributed by atoms with Crippen molar-refractivity contribution in [2.75, 3.05) is 18.4 Å². The van der Waals surface area contributed by atoms with Crippen LogP contribution in [0.4, 0.5) is 5.69 Å². The maximum absolute atomic E-state index is 11.4. The number of rotatable bonds is 4. The molecule has 16 heavy (non-hydrogen) atoms. The fraction of sp³-hybridized carbons (Fsp3) is 0.273. The monoisotopic (exact) mass is 219 g/mol. The van der Waals surface area contributed by atoms with Gasteiger partial charge in [0.2, 0.25) is 0 Å². The summed E-state index contributed by atoms with van der Waals surface area (Å²) in [6, 6.07) is 5.12. The van der Waals surface area contributed by atoms with Crippen LogP contribution in [-0.4, -0.2) is 24.9 Å². The Morgan fingerprint density at radius 1 is 1.19 bits per heavy atom. The minimum atomic E-state index is -0.331. The van der Waals surface area contributed by atoms with Crippen LogP contribution in [0.25, 0.3) is 0 Å². The van der Waals surface area contributed by atoms with Gasteiger partial charge in [-0.1, -0.05) is 0 Å². The van der Waals surface area contributed by atoms with E-state index in [1.165, 1.54) is 0 Å². The summed E-state index contributed by atoms with van der Waals surface area (Å²) in [4.78, 5) is 22.7. The first-order chi connectivity index (χ1) is 7.72. The Kier molecular flexibility index (Phi) is 2.87. The van der Waals surface area contributed by atoms with Gasteiger partial charge in [-0.25, -0.2) is 0 Å². The van der Waals surface area contributed by atoms with E-state index >= 15 is 0 Å². The van der Waals surface area contributed by atoms with Crippen LogP contribution in [0.3, 0.4) is 0 Å². The standard InChI is InChI=1S/C11H13N3O2/c12-4-1-5-13-7-2-3-8-9(6-7)11(16)14-10(8)15/h2-3,6,13H,1,4-5,12H2,(H,14,15,16). The van der Waals surface area contributed by atoms with Crippen molar-refractivity contribution in [2.24, 2.45) is 5.73 Å². The number of amides is 2. The lowest BCUT2D eigenvalue weighted by Crippen LogP contribution is -2.19. The van der Waals surface area contributed by atoms with Gasteiger partial charge in [0.15, 0.2) is 0 Å². The highest BCUT2D eigenvalue weighted by Crippen LogP contribution is 2.20. The maximum Gasteiger partial charge on any atom is 0.259 e. The van der Waals surface area contributed by atoms with Crippen molar-refractivity contribution < 1.29 is 9.59 Å². The molecule has 1 aliphatic heterocycles. The number of hydrogen-bond acceptors (Lipinski definition) is 4. The number of hydrogen-bond donors (Lipinski definition) is 3. The number of fused-ring (bicyclic) bond motifs is 1. The van der Waals surface area contributed by atoms with Crippen molar-refractivity contribution in [3.63, 3.8) is 0 Å². The molecule has 0 saturated heterocycles. The molecule has 4 N–H and O–H groups in total. The number of anilines is 1. The molecular formula is C11H13N3O2. The fourth-order valence-corrected chi connectivity index (χ4v) is 1.61. The molecule has 5 heteroatoms. The van der Waals surface area contributed by atoms with E-state index in [4.69, 9.17) is 5.73 Å². The molecule has 0 spiro atoms. The summed E-state index contributed by atoms with van der Waals surface area (Å²) in [6.07, 6.45) is 0.863. The Morgan fingerprint density at radius 3 is 2.69 bits per heavy atom. The van der Waals surface area contributed by atoms with Crippen molar-refractivity contribution in [1.82, 2.24) is 5.32 Å². The van der Waals surface area contributed by atoms with E-state index in [9.17, 15) is 9.59 Å². The minimum absolute atomic E-state index is 0.325. The molecule has 84 valence electrons. The lowest BCUT2D eigenvalue weighted by atomic mass is 10.1. The van der Waals surface area contributed by atoms with Crippen molar-refractivity contribution in [2.45, 2.75) is 6.42 Å². The Labute approximate surface area is 93.0 Å². The summed E-state index contributed by atoms with van der Waals surface area (Å²) in [7, 11) is 0. The average Bonchev–Trinajstić information content (AvgIpc) is 2.55. The van der Waals surface area contributed by atoms with Gasteiger partial charge in [0.1, 0.15) is 0 Å². The molecule has 2 rings (SSSR count). The van der Waals surface area contributed by atoms with Crippen LogP contribution in [0.1, 0.15) is 27.1 Å². The third-order valence-corrected chi connectivity index (χ3v) is 2.45. The smallest absolute Gasteiger partial charge is 0.259 e. The molecule has 0 saturated carbocycles. The predicted octanol–water partition coefficient (Wildman–Crippen LogP) is 0.331. The molecule has 1 aromatic carbocycles. The first kappa shape index (κ1) is 10.6. The Hall–Kier alpha value is -1.88. The number of imide groups is 1. The number of nitrogens with two attached hydrogens (primary N) is 1. The quantitative estimate of drug-likeness (QED) is 0.503. The summed E-state index contributed by atoms with van der Waals surface area (Å²) in [5.41, 5.74) is 7.08. The van der Waals surface area contributed by atoms with E-state index in [-0.39, 0.29) is 11.8 Å². The summed E-state index contributed by atoms with van der Waals surface area (Å²) >= 11 is 0. The molecule has 0 radical (unpaired) electrons. The molecule has 0 unspecified atom stereocenters. The van der Waals surface area contributed by atoms with Gasteiger partial charge in [-0.2, -0.15) is 0 Å². The van der Waals surface area contributed by atoms with Crippen molar-refractivity contribution in [3.8, 4) is 0 Å². The third-order valence-electron chi connectivity index (χ3n) is 2.45. The van der Waals surface area contributed by atoms with E-state index in [0.29, 0.717) is 17.7 Å². The van der Waals surface area contributed by atoms with Gasteiger partial charge in [-0.3, -0.25) is 14.9 Å². The van der Waals surface area contributed by atoms with Gasteiger partial charge in [0, 0.05) is 12.2 Å². The molecule has 0 bridgehead atoms. The second-order valence-corrected chi connectivity index (χ2v) is 3.61. The highest BCUT2D eigenvalue weighted by atomic mass is 16.2. The second kappa shape index (κ2) is 4.32. The van der Waals surface area contributed by atoms with E-state index in [2.05, 4.69) is 10.6 Å². The van der Waals surface area contributed by atoms with E-state index < -0.39 is 0 Å². The zero-order valence-electron chi connectivity index (χ0n) is 8.75. The predicted molar refractivity (Wildman–Crippen MR) is 60.4 cm³/mol. The molecular weight excluding hydrogens is 206 g/mol. The number of nitrogens with one attached hydrogen (secondary N) is 2. The molecule has 0 aliphatic carbocycles. The topological polar surface area (TPSA) is 84.2 Å². The number of benzene rings is 1. The van der Waals surface area contributed by atoms with Crippen LogP contribution in [0, 0.1) is 0 Å². The number of carbonyl (C=O) groups excluding carboxylic acids is 2. The van der Waals surface area contributed by atoms with Crippen molar-refractivity contribution >= 4 is 17.5 Å². The molecule has 5 nitrogen and oxygen atoms in total. The van der Waals surface area contributed by atoms with Gasteiger partial charge in [0.05, 0.1) is 11.1 Å². The van der Waals surface area contributed by atoms with Gasteiger partial charge >= 0.3 is 0 Å². The second-order valence-electron chi connectivity index (χ2n) is 3.61. The van der Waals surface area contributed by atoms with Crippen LogP contribution in [0.15, 0.2) is 18.2 Å². The lowest BCUT2D eigenvalue weighted by molar-refractivity contribution is 0.0879. The summed E-state index contributed by atoms with van der Waals surface area (Å²) < 4.78 is 0. The van der Waals surface area contributed by atoms with Crippen LogP contribution < -0.4 is 16.4 Å². The van der Waals surface area contributed by atoms with E-state index in [0.717, 1.165) is 18.7 Å². The molecule has 0 fully saturated rings. The van der Waals surface area contributed by atoms with Crippen LogP contribution >= 0.6 is 0 Å². The zero-order valence-corrected chi connectivity index (χ0v) is 8.75. The van der Waals surface area contributed by atoms with E-state index in [1.54, 1.807) is 18.2 Å². The Morgan fingerprint density at radius 2 is 1.94 bits per heavy atom. The Bertz CT molecular complexity index is 443. The zero-order chi connectivity index (χ0) is 11.5. The average molecular weight is 219 g/mol. The highest BCUT2D eigenvalue weighted by Gasteiger charge is 2.26. The largest absolute Gasteiger partial charge is 0.385 e. The van der Waals surface area contributed by atoms with Gasteiger partial charge < -0.3 is 11.1 Å². The van der Waals surface area contributed by atoms with Crippen molar-refractivity contribution in [3.05, 3.63) is 29.3 Å². The molecule has 1 aromatic rings. The summed E-state index contributed by atoms with van der Waals surface area (Å²) in [6.45, 7) is 1.38. The summed E-state index contributed by atoms with van der Waals surface area (Å²) in [5, 5.41) is 5.39. The summed E-state index contributed by atoms with van der Waals surface area (Å²) in [5.74, 6) is -0.656. The highest BCUT2D eigenvalue weighted by molar-refractivity contribution is 6.21. The SMILES string of the molecule is NCCCNc1ccc2c(c1)C(=O)NC2=O. The lowest BCUT2D eigenvalue weighted by Gasteiger charge is -2.05. The van der Waals surface area contributed by atoms with Gasteiger partial charge in [-0.05, 0) is 31.2 Å². The van der Waals surface area contributed by atoms with Gasteiger partial charge in [0.25, 0.3) is 11.8 Å². The van der Waals surface area contributed by atoms with Gasteiger partial charge in [-0.15, -0.1) is 0 Å². The number of carbonyl (C=O) groups is 2.